The molecule has 1 saturated carbocycles. The van der Waals surface area contributed by atoms with Crippen LogP contribution >= 0.6 is 11.3 Å². The second kappa shape index (κ2) is 8.74. The minimum atomic E-state index is -0.270. The molecule has 0 saturated heterocycles. The van der Waals surface area contributed by atoms with Crippen LogP contribution in [0.15, 0.2) is 78.2 Å². The molecule has 5 nitrogen and oxygen atoms in total. The van der Waals surface area contributed by atoms with E-state index >= 15 is 0 Å². The molecule has 1 unspecified atom stereocenters. The molecule has 174 valence electrons. The number of benzene rings is 3. The number of nitrogens with zero attached hydrogens (tertiary/aromatic N) is 3. The van der Waals surface area contributed by atoms with Crippen LogP contribution < -0.4 is 5.32 Å². The van der Waals surface area contributed by atoms with E-state index in [1.165, 1.54) is 29.0 Å². The third-order valence-electron chi connectivity index (χ3n) is 6.50. The van der Waals surface area contributed by atoms with E-state index in [0.29, 0.717) is 11.5 Å². The highest BCUT2D eigenvalue weighted by Crippen LogP contribution is 2.47. The fourth-order valence-corrected chi connectivity index (χ4v) is 5.45. The molecule has 1 fully saturated rings. The Morgan fingerprint density at radius 3 is 2.54 bits per heavy atom. The highest BCUT2D eigenvalue weighted by molar-refractivity contribution is 7.13. The zero-order chi connectivity index (χ0) is 23.9. The Labute approximate surface area is 206 Å². The molecule has 1 atom stereocenters. The van der Waals surface area contributed by atoms with Crippen molar-refractivity contribution in [2.24, 2.45) is 5.92 Å². The lowest BCUT2D eigenvalue weighted by atomic mass is 10.0. The van der Waals surface area contributed by atoms with Crippen molar-refractivity contribution in [2.45, 2.75) is 18.9 Å². The predicted octanol–water partition coefficient (Wildman–Crippen LogP) is 6.32. The van der Waals surface area contributed by atoms with Gasteiger partial charge in [0.2, 0.25) is 0 Å². The van der Waals surface area contributed by atoms with Gasteiger partial charge in [0.15, 0.2) is 10.8 Å². The molecule has 2 heterocycles. The number of amides is 1. The lowest BCUT2D eigenvalue weighted by Gasteiger charge is -2.22. The van der Waals surface area contributed by atoms with Gasteiger partial charge in [-0.3, -0.25) is 4.79 Å². The number of carbonyl (C=O) groups is 1. The van der Waals surface area contributed by atoms with Crippen molar-refractivity contribution >= 4 is 28.3 Å². The minimum Gasteiger partial charge on any atom is -0.355 e. The predicted molar refractivity (Wildman–Crippen MR) is 137 cm³/mol. The van der Waals surface area contributed by atoms with Crippen LogP contribution in [0.2, 0.25) is 0 Å². The van der Waals surface area contributed by atoms with Crippen molar-refractivity contribution in [3.8, 4) is 22.1 Å². The quantitative estimate of drug-likeness (QED) is 0.308. The first kappa shape index (κ1) is 21.7. The molecular formula is C28H23FN4OS. The molecule has 6 rings (SSSR count). The van der Waals surface area contributed by atoms with Crippen molar-refractivity contribution < 1.29 is 9.18 Å². The number of rotatable bonds is 6. The fraction of sp³-hybridized carbons (Fsp3) is 0.179. The highest BCUT2D eigenvalue weighted by Gasteiger charge is 2.36. The van der Waals surface area contributed by atoms with E-state index in [-0.39, 0.29) is 17.8 Å². The molecule has 35 heavy (non-hydrogen) atoms. The Morgan fingerprint density at radius 1 is 1.06 bits per heavy atom. The van der Waals surface area contributed by atoms with Gasteiger partial charge in [0.05, 0.1) is 22.8 Å². The molecule has 0 radical (unpaired) electrons. The smallest absolute Gasteiger partial charge is 0.251 e. The third-order valence-corrected chi connectivity index (χ3v) is 7.34. The number of halogens is 1. The number of imidazole rings is 1. The molecule has 2 aromatic heterocycles. The number of carbonyl (C=O) groups excluding carboxylic acids is 1. The van der Waals surface area contributed by atoms with Gasteiger partial charge in [0.1, 0.15) is 5.82 Å². The van der Waals surface area contributed by atoms with Gasteiger partial charge in [-0.1, -0.05) is 30.3 Å². The Hall–Kier alpha value is -3.84. The van der Waals surface area contributed by atoms with Crippen molar-refractivity contribution in [3.63, 3.8) is 0 Å². The molecule has 0 aliphatic heterocycles. The largest absolute Gasteiger partial charge is 0.355 e. The average Bonchev–Trinajstić information content (AvgIpc) is 3.48. The normalized spacial score (nSPS) is 14.2. The summed E-state index contributed by atoms with van der Waals surface area (Å²) in [5, 5.41) is 5.47. The molecular weight excluding hydrogens is 459 g/mol. The molecule has 3 aromatic carbocycles. The van der Waals surface area contributed by atoms with Gasteiger partial charge in [0, 0.05) is 23.6 Å². The summed E-state index contributed by atoms with van der Waals surface area (Å²) in [6, 6.07) is 22.7. The molecule has 1 amide bonds. The monoisotopic (exact) mass is 482 g/mol. The zero-order valence-electron chi connectivity index (χ0n) is 19.1. The van der Waals surface area contributed by atoms with Gasteiger partial charge in [-0.05, 0) is 66.8 Å². The van der Waals surface area contributed by atoms with Crippen LogP contribution in [0.3, 0.4) is 0 Å². The lowest BCUT2D eigenvalue weighted by Crippen LogP contribution is -2.17. The van der Waals surface area contributed by atoms with E-state index in [4.69, 9.17) is 9.97 Å². The first-order chi connectivity index (χ1) is 17.1. The van der Waals surface area contributed by atoms with Gasteiger partial charge >= 0.3 is 0 Å². The van der Waals surface area contributed by atoms with Crippen LogP contribution in [0.1, 0.15) is 34.8 Å². The summed E-state index contributed by atoms with van der Waals surface area (Å²) in [7, 11) is 1.63. The maximum Gasteiger partial charge on any atom is 0.251 e. The Bertz CT molecular complexity index is 1520. The van der Waals surface area contributed by atoms with Crippen LogP contribution in [0.4, 0.5) is 4.39 Å². The summed E-state index contributed by atoms with van der Waals surface area (Å²) in [6.45, 7) is 0. The van der Waals surface area contributed by atoms with E-state index in [2.05, 4.69) is 34.1 Å². The van der Waals surface area contributed by atoms with E-state index in [0.717, 1.165) is 46.0 Å². The first-order valence-corrected chi connectivity index (χ1v) is 12.5. The Kier molecular flexibility index (Phi) is 5.41. The number of thiazole rings is 1. The van der Waals surface area contributed by atoms with Gasteiger partial charge in [-0.15, -0.1) is 11.3 Å². The van der Waals surface area contributed by atoms with E-state index in [9.17, 15) is 9.18 Å². The number of hydrogen-bond donors (Lipinski definition) is 1. The third kappa shape index (κ3) is 4.02. The molecule has 5 aromatic rings. The van der Waals surface area contributed by atoms with E-state index in [1.807, 2.05) is 29.6 Å². The molecule has 1 aliphatic rings. The van der Waals surface area contributed by atoms with Crippen LogP contribution in [0.25, 0.3) is 33.1 Å². The van der Waals surface area contributed by atoms with Crippen molar-refractivity contribution in [3.05, 3.63) is 95.1 Å². The summed E-state index contributed by atoms with van der Waals surface area (Å²) < 4.78 is 15.7. The highest BCUT2D eigenvalue weighted by atomic mass is 32.1. The molecule has 0 spiro atoms. The van der Waals surface area contributed by atoms with Gasteiger partial charge in [-0.25, -0.2) is 14.4 Å². The average molecular weight is 483 g/mol. The van der Waals surface area contributed by atoms with Crippen LogP contribution in [-0.2, 0) is 0 Å². The molecule has 1 aliphatic carbocycles. The van der Waals surface area contributed by atoms with Gasteiger partial charge in [0.25, 0.3) is 5.91 Å². The molecule has 1 N–H and O–H groups in total. The van der Waals surface area contributed by atoms with Crippen LogP contribution in [0, 0.1) is 11.7 Å². The Morgan fingerprint density at radius 2 is 1.83 bits per heavy atom. The number of hydrogen-bond acceptors (Lipinski definition) is 4. The SMILES string of the molecule is CNC(=O)c1ccc2c(c1)nc(-c1nc(-c3ccc(F)cc3)cs1)n2C(c1ccccc1)C1CC1. The summed E-state index contributed by atoms with van der Waals surface area (Å²) in [4.78, 5) is 22.2. The summed E-state index contributed by atoms with van der Waals surface area (Å²) in [5.41, 5.74) is 5.21. The molecule has 7 heteroatoms. The number of aromatic nitrogens is 3. The number of nitrogens with one attached hydrogen (secondary N) is 1. The topological polar surface area (TPSA) is 59.8 Å². The fourth-order valence-electron chi connectivity index (χ4n) is 4.64. The zero-order valence-corrected chi connectivity index (χ0v) is 19.9. The first-order valence-electron chi connectivity index (χ1n) is 11.6. The second-order valence-corrected chi connectivity index (χ2v) is 9.68. The summed E-state index contributed by atoms with van der Waals surface area (Å²) >= 11 is 1.52. The standard InChI is InChI=1S/C28H23FN4OS/c1-30-27(34)20-11-14-24-22(15-20)31-26(28-32-23(16-35-28)17-9-12-21(29)13-10-17)33(24)25(19-7-8-19)18-5-3-2-4-6-18/h2-6,9-16,19,25H,7-8H2,1H3,(H,30,34). The maximum absolute atomic E-state index is 13.4. The summed E-state index contributed by atoms with van der Waals surface area (Å²) in [6.07, 6.45) is 2.32. The molecule has 0 bridgehead atoms. The van der Waals surface area contributed by atoms with Crippen molar-refractivity contribution in [1.82, 2.24) is 19.9 Å². The minimum absolute atomic E-state index is 0.125. The van der Waals surface area contributed by atoms with E-state index in [1.54, 1.807) is 19.2 Å². The van der Waals surface area contributed by atoms with Crippen molar-refractivity contribution in [2.75, 3.05) is 7.05 Å². The maximum atomic E-state index is 13.4. The van der Waals surface area contributed by atoms with Crippen LogP contribution in [0.5, 0.6) is 0 Å². The Balaban J connectivity index is 1.54. The second-order valence-electron chi connectivity index (χ2n) is 8.83. The summed E-state index contributed by atoms with van der Waals surface area (Å²) in [5.74, 6) is 0.891. The lowest BCUT2D eigenvalue weighted by molar-refractivity contribution is 0.0963. The van der Waals surface area contributed by atoms with Gasteiger partial charge in [-0.2, -0.15) is 0 Å². The number of fused-ring (bicyclic) bond motifs is 1. The van der Waals surface area contributed by atoms with Crippen LogP contribution in [-0.4, -0.2) is 27.5 Å². The van der Waals surface area contributed by atoms with E-state index < -0.39 is 0 Å². The van der Waals surface area contributed by atoms with Crippen molar-refractivity contribution in [1.29, 1.82) is 0 Å². The van der Waals surface area contributed by atoms with Gasteiger partial charge < -0.3 is 9.88 Å².